The predicted octanol–water partition coefficient (Wildman–Crippen LogP) is 3.22. The Labute approximate surface area is 116 Å². The minimum atomic E-state index is -1.03. The van der Waals surface area contributed by atoms with E-state index in [0.29, 0.717) is 11.3 Å². The summed E-state index contributed by atoms with van der Waals surface area (Å²) in [7, 11) is 0. The van der Waals surface area contributed by atoms with Crippen molar-refractivity contribution in [1.29, 1.82) is 0 Å². The first kappa shape index (κ1) is 13.8. The number of hydrogen-bond acceptors (Lipinski definition) is 3. The smallest absolute Gasteiger partial charge is 0.343 e. The molecule has 0 saturated carbocycles. The number of aryl methyl sites for hydroxylation is 2. The average molecular weight is 270 g/mol. The van der Waals surface area contributed by atoms with Crippen molar-refractivity contribution in [3.63, 3.8) is 0 Å². The van der Waals surface area contributed by atoms with Gasteiger partial charge in [-0.25, -0.2) is 9.59 Å². The van der Waals surface area contributed by atoms with E-state index in [4.69, 9.17) is 9.84 Å². The molecule has 0 fully saturated rings. The van der Waals surface area contributed by atoms with E-state index in [-0.39, 0.29) is 5.56 Å². The van der Waals surface area contributed by atoms with Gasteiger partial charge in [0.1, 0.15) is 5.75 Å². The molecule has 0 aliphatic heterocycles. The SMILES string of the molecule is Cc1cc(C)cc(OC(=O)c2ccc(C(=O)O)cc2)c1. The van der Waals surface area contributed by atoms with Gasteiger partial charge in [-0.2, -0.15) is 0 Å². The molecule has 2 rings (SSSR count). The first-order chi connectivity index (χ1) is 9.45. The standard InChI is InChI=1S/C16H14O4/c1-10-7-11(2)9-14(8-10)20-16(19)13-5-3-12(4-6-13)15(17)18/h3-9H,1-2H3,(H,17,18). The molecule has 0 unspecified atom stereocenters. The normalized spacial score (nSPS) is 10.1. The summed E-state index contributed by atoms with van der Waals surface area (Å²) in [5, 5.41) is 8.79. The average Bonchev–Trinajstić information content (AvgIpc) is 2.37. The lowest BCUT2D eigenvalue weighted by atomic mass is 10.1. The van der Waals surface area contributed by atoms with Gasteiger partial charge in [-0.3, -0.25) is 0 Å². The molecular formula is C16H14O4. The highest BCUT2D eigenvalue weighted by Gasteiger charge is 2.10. The van der Waals surface area contributed by atoms with Crippen LogP contribution in [0, 0.1) is 13.8 Å². The zero-order valence-electron chi connectivity index (χ0n) is 11.2. The quantitative estimate of drug-likeness (QED) is 0.687. The Morgan fingerprint density at radius 2 is 1.40 bits per heavy atom. The van der Waals surface area contributed by atoms with Crippen LogP contribution in [0.4, 0.5) is 0 Å². The zero-order chi connectivity index (χ0) is 14.7. The number of benzene rings is 2. The highest BCUT2D eigenvalue weighted by molar-refractivity contribution is 5.93. The van der Waals surface area contributed by atoms with Crippen LogP contribution in [0.3, 0.4) is 0 Å². The van der Waals surface area contributed by atoms with Gasteiger partial charge in [0, 0.05) is 0 Å². The summed E-state index contributed by atoms with van der Waals surface area (Å²) in [6.07, 6.45) is 0. The minimum Gasteiger partial charge on any atom is -0.478 e. The van der Waals surface area contributed by atoms with Crippen LogP contribution in [0.25, 0.3) is 0 Å². The summed E-state index contributed by atoms with van der Waals surface area (Å²) in [6, 6.07) is 11.2. The Bertz CT molecular complexity index is 636. The molecule has 0 radical (unpaired) electrons. The topological polar surface area (TPSA) is 63.6 Å². The predicted molar refractivity (Wildman–Crippen MR) is 74.3 cm³/mol. The summed E-state index contributed by atoms with van der Waals surface area (Å²) in [4.78, 5) is 22.7. The van der Waals surface area contributed by atoms with Crippen LogP contribution in [0.5, 0.6) is 5.75 Å². The lowest BCUT2D eigenvalue weighted by Crippen LogP contribution is -2.09. The third-order valence-electron chi connectivity index (χ3n) is 2.77. The number of esters is 1. The highest BCUT2D eigenvalue weighted by Crippen LogP contribution is 2.18. The van der Waals surface area contributed by atoms with E-state index < -0.39 is 11.9 Å². The molecule has 0 bridgehead atoms. The molecular weight excluding hydrogens is 256 g/mol. The van der Waals surface area contributed by atoms with Gasteiger partial charge in [-0.05, 0) is 61.4 Å². The second kappa shape index (κ2) is 5.57. The Balaban J connectivity index is 2.17. The van der Waals surface area contributed by atoms with Gasteiger partial charge in [-0.15, -0.1) is 0 Å². The molecule has 1 N–H and O–H groups in total. The van der Waals surface area contributed by atoms with Gasteiger partial charge in [0.25, 0.3) is 0 Å². The number of hydrogen-bond donors (Lipinski definition) is 1. The van der Waals surface area contributed by atoms with E-state index >= 15 is 0 Å². The molecule has 102 valence electrons. The number of ether oxygens (including phenoxy) is 1. The summed E-state index contributed by atoms with van der Waals surface area (Å²) in [6.45, 7) is 3.85. The molecule has 0 spiro atoms. The number of carboxylic acids is 1. The third kappa shape index (κ3) is 3.23. The second-order valence-corrected chi connectivity index (χ2v) is 4.60. The van der Waals surface area contributed by atoms with Crippen molar-refractivity contribution in [3.8, 4) is 5.75 Å². The molecule has 4 nitrogen and oxygen atoms in total. The maximum Gasteiger partial charge on any atom is 0.343 e. The zero-order valence-corrected chi connectivity index (χ0v) is 11.2. The van der Waals surface area contributed by atoms with Crippen molar-refractivity contribution in [3.05, 3.63) is 64.7 Å². The van der Waals surface area contributed by atoms with Crippen LogP contribution in [0.15, 0.2) is 42.5 Å². The van der Waals surface area contributed by atoms with E-state index in [1.54, 1.807) is 12.1 Å². The summed E-state index contributed by atoms with van der Waals surface area (Å²) in [5.41, 5.74) is 2.46. The number of carbonyl (C=O) groups excluding carboxylic acids is 1. The van der Waals surface area contributed by atoms with E-state index in [0.717, 1.165) is 11.1 Å². The molecule has 0 heterocycles. The van der Waals surface area contributed by atoms with Crippen LogP contribution in [-0.4, -0.2) is 17.0 Å². The molecule has 0 aliphatic carbocycles. The summed E-state index contributed by atoms with van der Waals surface area (Å²) < 4.78 is 5.28. The first-order valence-corrected chi connectivity index (χ1v) is 6.09. The fraction of sp³-hybridized carbons (Fsp3) is 0.125. The molecule has 2 aromatic carbocycles. The van der Waals surface area contributed by atoms with E-state index in [1.807, 2.05) is 19.9 Å². The van der Waals surface area contributed by atoms with Gasteiger partial charge < -0.3 is 9.84 Å². The maximum atomic E-state index is 11.9. The van der Waals surface area contributed by atoms with Crippen molar-refractivity contribution >= 4 is 11.9 Å². The van der Waals surface area contributed by atoms with Crippen molar-refractivity contribution in [1.82, 2.24) is 0 Å². The van der Waals surface area contributed by atoms with E-state index in [2.05, 4.69) is 0 Å². The Morgan fingerprint density at radius 3 is 1.90 bits per heavy atom. The van der Waals surface area contributed by atoms with Crippen molar-refractivity contribution in [2.45, 2.75) is 13.8 Å². The fourth-order valence-corrected chi connectivity index (χ4v) is 1.91. The van der Waals surface area contributed by atoms with Crippen molar-refractivity contribution < 1.29 is 19.4 Å². The lowest BCUT2D eigenvalue weighted by molar-refractivity contribution is 0.0691. The highest BCUT2D eigenvalue weighted by atomic mass is 16.5. The summed E-state index contributed by atoms with van der Waals surface area (Å²) in [5.74, 6) is -1.05. The van der Waals surface area contributed by atoms with Crippen LogP contribution in [0.1, 0.15) is 31.8 Å². The summed E-state index contributed by atoms with van der Waals surface area (Å²) >= 11 is 0. The molecule has 2 aromatic rings. The monoisotopic (exact) mass is 270 g/mol. The molecule has 0 aliphatic rings. The van der Waals surface area contributed by atoms with E-state index in [1.165, 1.54) is 24.3 Å². The van der Waals surface area contributed by atoms with Crippen LogP contribution < -0.4 is 4.74 Å². The Kier molecular flexibility index (Phi) is 3.84. The molecule has 4 heteroatoms. The minimum absolute atomic E-state index is 0.132. The van der Waals surface area contributed by atoms with Crippen molar-refractivity contribution in [2.75, 3.05) is 0 Å². The first-order valence-electron chi connectivity index (χ1n) is 6.09. The number of carboxylic acid groups (broad SMARTS) is 1. The molecule has 0 atom stereocenters. The van der Waals surface area contributed by atoms with Gasteiger partial charge >= 0.3 is 11.9 Å². The number of carbonyl (C=O) groups is 2. The lowest BCUT2D eigenvalue weighted by Gasteiger charge is -2.06. The Morgan fingerprint density at radius 1 is 0.900 bits per heavy atom. The van der Waals surface area contributed by atoms with Crippen LogP contribution in [-0.2, 0) is 0 Å². The van der Waals surface area contributed by atoms with Gasteiger partial charge in [0.15, 0.2) is 0 Å². The maximum absolute atomic E-state index is 11.9. The molecule has 0 aromatic heterocycles. The molecule has 20 heavy (non-hydrogen) atoms. The van der Waals surface area contributed by atoms with Crippen LogP contribution >= 0.6 is 0 Å². The van der Waals surface area contributed by atoms with E-state index in [9.17, 15) is 9.59 Å². The Hall–Kier alpha value is -2.62. The molecule has 0 saturated heterocycles. The van der Waals surface area contributed by atoms with Crippen molar-refractivity contribution in [2.24, 2.45) is 0 Å². The van der Waals surface area contributed by atoms with Gasteiger partial charge in [0.05, 0.1) is 11.1 Å². The van der Waals surface area contributed by atoms with Crippen LogP contribution in [0.2, 0.25) is 0 Å². The molecule has 0 amide bonds. The van der Waals surface area contributed by atoms with Gasteiger partial charge in [-0.1, -0.05) is 6.07 Å². The third-order valence-corrected chi connectivity index (χ3v) is 2.77. The number of rotatable bonds is 3. The second-order valence-electron chi connectivity index (χ2n) is 4.60. The fourth-order valence-electron chi connectivity index (χ4n) is 1.91. The largest absolute Gasteiger partial charge is 0.478 e. The number of aromatic carboxylic acids is 1. The van der Waals surface area contributed by atoms with Gasteiger partial charge in [0.2, 0.25) is 0 Å².